The molecule has 1 aliphatic carbocycles. The van der Waals surface area contributed by atoms with Crippen molar-refractivity contribution in [3.05, 3.63) is 59.7 Å². The van der Waals surface area contributed by atoms with Crippen LogP contribution in [0.5, 0.6) is 0 Å². The Morgan fingerprint density at radius 3 is 2.32 bits per heavy atom. The molecule has 0 nitrogen and oxygen atoms in total. The van der Waals surface area contributed by atoms with Gasteiger partial charge >= 0.3 is 0 Å². The molecule has 97 valence electrons. The highest BCUT2D eigenvalue weighted by molar-refractivity contribution is 5.80. The van der Waals surface area contributed by atoms with Crippen molar-refractivity contribution >= 4 is 0 Å². The van der Waals surface area contributed by atoms with Gasteiger partial charge in [0.05, 0.1) is 0 Å². The molecule has 1 radical (unpaired) electrons. The summed E-state index contributed by atoms with van der Waals surface area (Å²) in [5.74, 6) is 0. The Bertz CT molecular complexity index is 527. The van der Waals surface area contributed by atoms with E-state index in [0.717, 1.165) is 0 Å². The van der Waals surface area contributed by atoms with E-state index in [1.165, 1.54) is 47.9 Å². The minimum Gasteiger partial charge on any atom is -0.0653 e. The average Bonchev–Trinajstić information content (AvgIpc) is 2.72. The van der Waals surface area contributed by atoms with Gasteiger partial charge in [0.1, 0.15) is 0 Å². The number of hydrogen-bond donors (Lipinski definition) is 0. The van der Waals surface area contributed by atoms with Gasteiger partial charge < -0.3 is 0 Å². The first kappa shape index (κ1) is 12.5. The van der Waals surface area contributed by atoms with E-state index in [-0.39, 0.29) is 5.41 Å². The lowest BCUT2D eigenvalue weighted by Gasteiger charge is -2.31. The molecule has 0 unspecified atom stereocenters. The van der Waals surface area contributed by atoms with Crippen molar-refractivity contribution in [1.82, 2.24) is 0 Å². The second kappa shape index (κ2) is 4.85. The second-order valence-corrected chi connectivity index (χ2v) is 5.60. The van der Waals surface area contributed by atoms with Crippen LogP contribution in [0.4, 0.5) is 0 Å². The predicted octanol–water partition coefficient (Wildman–Crippen LogP) is 5.35. The van der Waals surface area contributed by atoms with E-state index in [2.05, 4.69) is 56.3 Å². The van der Waals surface area contributed by atoms with Crippen LogP contribution in [0.1, 0.15) is 50.7 Å². The number of rotatable bonds is 4. The smallest absolute Gasteiger partial charge is 0.0215 e. The average molecular weight is 249 g/mol. The Morgan fingerprint density at radius 1 is 0.895 bits per heavy atom. The SMILES string of the molecule is CCCC1(CCC)c2c[c]ccc2-c2ccccc21. The maximum atomic E-state index is 3.30. The quantitative estimate of drug-likeness (QED) is 0.685. The molecule has 0 saturated carbocycles. The van der Waals surface area contributed by atoms with E-state index >= 15 is 0 Å². The lowest BCUT2D eigenvalue weighted by atomic mass is 9.71. The molecule has 1 aliphatic rings. The summed E-state index contributed by atoms with van der Waals surface area (Å²) in [6, 6.07) is 18.8. The highest BCUT2D eigenvalue weighted by atomic mass is 14.4. The Hall–Kier alpha value is -1.56. The summed E-state index contributed by atoms with van der Waals surface area (Å²) in [7, 11) is 0. The molecule has 3 rings (SSSR count). The summed E-state index contributed by atoms with van der Waals surface area (Å²) in [5, 5.41) is 0. The van der Waals surface area contributed by atoms with Crippen LogP contribution in [0.2, 0.25) is 0 Å². The van der Waals surface area contributed by atoms with Crippen LogP contribution in [-0.4, -0.2) is 0 Å². The first-order valence-electron chi connectivity index (χ1n) is 7.44. The summed E-state index contributed by atoms with van der Waals surface area (Å²) in [4.78, 5) is 0. The van der Waals surface area contributed by atoms with Gasteiger partial charge in [-0.15, -0.1) is 0 Å². The van der Waals surface area contributed by atoms with Gasteiger partial charge in [0, 0.05) is 5.41 Å². The molecular formula is C19H21. The van der Waals surface area contributed by atoms with E-state index in [1.54, 1.807) is 0 Å². The van der Waals surface area contributed by atoms with Crippen LogP contribution >= 0.6 is 0 Å². The largest absolute Gasteiger partial charge is 0.0653 e. The van der Waals surface area contributed by atoms with Gasteiger partial charge in [-0.05, 0) is 47.2 Å². The van der Waals surface area contributed by atoms with E-state index in [0.29, 0.717) is 0 Å². The Balaban J connectivity index is 2.28. The monoisotopic (exact) mass is 249 g/mol. The van der Waals surface area contributed by atoms with Crippen LogP contribution in [0.3, 0.4) is 0 Å². The minimum atomic E-state index is 0.229. The van der Waals surface area contributed by atoms with Gasteiger partial charge in [0.2, 0.25) is 0 Å². The van der Waals surface area contributed by atoms with Crippen LogP contribution in [0.15, 0.2) is 42.5 Å². The second-order valence-electron chi connectivity index (χ2n) is 5.60. The van der Waals surface area contributed by atoms with Gasteiger partial charge in [0.25, 0.3) is 0 Å². The molecule has 2 aromatic carbocycles. The third kappa shape index (κ3) is 1.74. The third-order valence-corrected chi connectivity index (χ3v) is 4.47. The molecule has 0 aromatic heterocycles. The zero-order chi connectivity index (χ0) is 13.3. The molecule has 0 bridgehead atoms. The van der Waals surface area contributed by atoms with Gasteiger partial charge in [-0.1, -0.05) is 63.1 Å². The van der Waals surface area contributed by atoms with Gasteiger partial charge in [-0.25, -0.2) is 0 Å². The van der Waals surface area contributed by atoms with Crippen molar-refractivity contribution in [1.29, 1.82) is 0 Å². The van der Waals surface area contributed by atoms with Crippen LogP contribution in [0, 0.1) is 6.07 Å². The zero-order valence-electron chi connectivity index (χ0n) is 11.9. The molecule has 0 saturated heterocycles. The Kier molecular flexibility index (Phi) is 3.18. The summed E-state index contributed by atoms with van der Waals surface area (Å²) < 4.78 is 0. The molecule has 0 aliphatic heterocycles. The molecule has 0 fully saturated rings. The summed E-state index contributed by atoms with van der Waals surface area (Å²) in [5.41, 5.74) is 6.13. The maximum absolute atomic E-state index is 3.30. The molecule has 0 N–H and O–H groups in total. The van der Waals surface area contributed by atoms with Crippen LogP contribution in [-0.2, 0) is 5.41 Å². The molecule has 19 heavy (non-hydrogen) atoms. The lowest BCUT2D eigenvalue weighted by molar-refractivity contribution is 0.436. The highest BCUT2D eigenvalue weighted by Crippen LogP contribution is 2.53. The van der Waals surface area contributed by atoms with Crippen molar-refractivity contribution < 1.29 is 0 Å². The fourth-order valence-electron chi connectivity index (χ4n) is 3.86. The Labute approximate surface area is 116 Å². The summed E-state index contributed by atoms with van der Waals surface area (Å²) in [6.45, 7) is 4.59. The molecule has 0 heteroatoms. The fourth-order valence-corrected chi connectivity index (χ4v) is 3.86. The van der Waals surface area contributed by atoms with E-state index < -0.39 is 0 Å². The van der Waals surface area contributed by atoms with Crippen molar-refractivity contribution in [2.24, 2.45) is 0 Å². The lowest BCUT2D eigenvalue weighted by Crippen LogP contribution is -2.24. The van der Waals surface area contributed by atoms with E-state index in [9.17, 15) is 0 Å². The van der Waals surface area contributed by atoms with Gasteiger partial charge in [0.15, 0.2) is 0 Å². The van der Waals surface area contributed by atoms with E-state index in [1.807, 2.05) is 6.07 Å². The highest BCUT2D eigenvalue weighted by Gasteiger charge is 2.41. The zero-order valence-corrected chi connectivity index (χ0v) is 11.9. The number of hydrogen-bond acceptors (Lipinski definition) is 0. The molecule has 0 amide bonds. The van der Waals surface area contributed by atoms with Crippen molar-refractivity contribution in [3.63, 3.8) is 0 Å². The topological polar surface area (TPSA) is 0 Å². The number of benzene rings is 2. The van der Waals surface area contributed by atoms with E-state index in [4.69, 9.17) is 0 Å². The van der Waals surface area contributed by atoms with Gasteiger partial charge in [-0.2, -0.15) is 0 Å². The van der Waals surface area contributed by atoms with Crippen molar-refractivity contribution in [2.75, 3.05) is 0 Å². The fraction of sp³-hybridized carbons (Fsp3) is 0.368. The summed E-state index contributed by atoms with van der Waals surface area (Å²) in [6.07, 6.45) is 4.93. The molecule has 0 spiro atoms. The molecule has 2 aromatic rings. The third-order valence-electron chi connectivity index (χ3n) is 4.47. The molecule has 0 atom stereocenters. The van der Waals surface area contributed by atoms with Crippen molar-refractivity contribution in [3.8, 4) is 11.1 Å². The Morgan fingerprint density at radius 2 is 1.58 bits per heavy atom. The van der Waals surface area contributed by atoms with Gasteiger partial charge in [-0.3, -0.25) is 0 Å². The summed E-state index contributed by atoms with van der Waals surface area (Å²) >= 11 is 0. The standard InChI is InChI=1S/C19H21/c1-3-13-19(14-4-2)17-11-7-5-9-15(17)16-10-6-8-12-18(16)19/h5-7,9-12H,3-4,13-14H2,1-2H3. The van der Waals surface area contributed by atoms with Crippen LogP contribution in [0.25, 0.3) is 11.1 Å². The van der Waals surface area contributed by atoms with Crippen molar-refractivity contribution in [2.45, 2.75) is 44.9 Å². The predicted molar refractivity (Wildman–Crippen MR) is 81.3 cm³/mol. The molecule has 0 heterocycles. The minimum absolute atomic E-state index is 0.229. The van der Waals surface area contributed by atoms with Crippen LogP contribution < -0.4 is 0 Å². The first-order valence-corrected chi connectivity index (χ1v) is 7.44. The first-order chi connectivity index (χ1) is 9.33. The molecular weight excluding hydrogens is 228 g/mol. The maximum Gasteiger partial charge on any atom is 0.0215 e. The normalized spacial score (nSPS) is 15.1. The number of fused-ring (bicyclic) bond motifs is 3.